The average Bonchev–Trinajstić information content (AvgIpc) is 2.92. The molecule has 2 heterocycles. The molecule has 1 unspecified atom stereocenters. The highest BCUT2D eigenvalue weighted by molar-refractivity contribution is 8.00. The van der Waals surface area contributed by atoms with Crippen molar-refractivity contribution in [3.8, 4) is 0 Å². The second kappa shape index (κ2) is 4.85. The van der Waals surface area contributed by atoms with Crippen LogP contribution in [0.25, 0.3) is 0 Å². The van der Waals surface area contributed by atoms with Gasteiger partial charge in [0.2, 0.25) is 0 Å². The van der Waals surface area contributed by atoms with Crippen molar-refractivity contribution < 1.29 is 8.42 Å². The minimum Gasteiger partial charge on any atom is -0.263 e. The van der Waals surface area contributed by atoms with Gasteiger partial charge in [-0.05, 0) is 23.6 Å². The number of thiophene rings is 1. The normalized spacial score (nSPS) is 19.2. The molecule has 0 aliphatic carbocycles. The smallest absolute Gasteiger partial charge is 0.263 e. The standard InChI is InChI=1S/C13H13NO2S3/c1-10-9-14(11-5-2-3-6-12(11)18-10)19(15,16)13-7-4-8-17-13/h2-8,10H,9H2,1H3. The predicted molar refractivity (Wildman–Crippen MR) is 80.6 cm³/mol. The van der Waals surface area contributed by atoms with E-state index in [9.17, 15) is 8.42 Å². The molecule has 2 aromatic rings. The van der Waals surface area contributed by atoms with E-state index in [1.54, 1.807) is 29.3 Å². The molecule has 0 N–H and O–H groups in total. The Balaban J connectivity index is 2.11. The molecule has 0 spiro atoms. The van der Waals surface area contributed by atoms with Gasteiger partial charge in [0.05, 0.1) is 5.69 Å². The van der Waals surface area contributed by atoms with Crippen LogP contribution in [0.1, 0.15) is 6.92 Å². The third-order valence-corrected chi connectivity index (χ3v) is 7.23. The Kier molecular flexibility index (Phi) is 3.32. The van der Waals surface area contributed by atoms with E-state index in [0.717, 1.165) is 10.6 Å². The van der Waals surface area contributed by atoms with Gasteiger partial charge in [0, 0.05) is 16.7 Å². The molecule has 0 saturated carbocycles. The van der Waals surface area contributed by atoms with Crippen molar-refractivity contribution in [2.45, 2.75) is 21.3 Å². The Morgan fingerprint density at radius 1 is 1.21 bits per heavy atom. The molecule has 0 radical (unpaired) electrons. The number of thioether (sulfide) groups is 1. The van der Waals surface area contributed by atoms with Crippen LogP contribution in [0.15, 0.2) is 50.9 Å². The predicted octanol–water partition coefficient (Wildman–Crippen LogP) is 3.44. The van der Waals surface area contributed by atoms with Crippen LogP contribution < -0.4 is 4.31 Å². The van der Waals surface area contributed by atoms with E-state index in [2.05, 4.69) is 6.92 Å². The minimum absolute atomic E-state index is 0.254. The van der Waals surface area contributed by atoms with Crippen molar-refractivity contribution in [2.24, 2.45) is 0 Å². The van der Waals surface area contributed by atoms with Crippen molar-refractivity contribution in [3.05, 3.63) is 41.8 Å². The molecular formula is C13H13NO2S3. The van der Waals surface area contributed by atoms with Crippen molar-refractivity contribution in [1.29, 1.82) is 0 Å². The number of nitrogens with zero attached hydrogens (tertiary/aromatic N) is 1. The van der Waals surface area contributed by atoms with Crippen molar-refractivity contribution >= 4 is 38.8 Å². The summed E-state index contributed by atoms with van der Waals surface area (Å²) >= 11 is 2.99. The maximum Gasteiger partial charge on any atom is 0.273 e. The molecule has 3 nitrogen and oxygen atoms in total. The lowest BCUT2D eigenvalue weighted by Gasteiger charge is -2.32. The highest BCUT2D eigenvalue weighted by atomic mass is 32.2. The second-order valence-corrected chi connectivity index (χ2v) is 8.88. The maximum atomic E-state index is 12.7. The summed E-state index contributed by atoms with van der Waals surface area (Å²) < 4.78 is 27.3. The highest BCUT2D eigenvalue weighted by Crippen LogP contribution is 2.41. The lowest BCUT2D eigenvalue weighted by Crippen LogP contribution is -2.38. The highest BCUT2D eigenvalue weighted by Gasteiger charge is 2.32. The number of para-hydroxylation sites is 1. The number of sulfonamides is 1. The fraction of sp³-hybridized carbons (Fsp3) is 0.231. The van der Waals surface area contributed by atoms with E-state index >= 15 is 0 Å². The van der Waals surface area contributed by atoms with Crippen LogP contribution in [0.3, 0.4) is 0 Å². The summed E-state index contributed by atoms with van der Waals surface area (Å²) in [5.74, 6) is 0. The van der Waals surface area contributed by atoms with E-state index in [1.165, 1.54) is 15.6 Å². The zero-order chi connectivity index (χ0) is 13.5. The van der Waals surface area contributed by atoms with Crippen molar-refractivity contribution in [2.75, 3.05) is 10.8 Å². The van der Waals surface area contributed by atoms with E-state index in [4.69, 9.17) is 0 Å². The molecule has 3 rings (SSSR count). The van der Waals surface area contributed by atoms with Crippen LogP contribution in [0.4, 0.5) is 5.69 Å². The summed E-state index contributed by atoms with van der Waals surface area (Å²) in [7, 11) is -3.43. The summed E-state index contributed by atoms with van der Waals surface area (Å²) in [6, 6.07) is 11.1. The maximum absolute atomic E-state index is 12.7. The van der Waals surface area contributed by atoms with E-state index in [-0.39, 0.29) is 5.25 Å². The minimum atomic E-state index is -3.43. The van der Waals surface area contributed by atoms with Gasteiger partial charge in [-0.2, -0.15) is 0 Å². The number of benzene rings is 1. The van der Waals surface area contributed by atoms with Gasteiger partial charge in [0.25, 0.3) is 10.0 Å². The molecule has 1 aliphatic rings. The Labute approximate surface area is 121 Å². The molecule has 100 valence electrons. The molecule has 19 heavy (non-hydrogen) atoms. The number of rotatable bonds is 2. The van der Waals surface area contributed by atoms with Crippen molar-refractivity contribution in [1.82, 2.24) is 0 Å². The number of anilines is 1. The van der Waals surface area contributed by atoms with Crippen LogP contribution in [-0.2, 0) is 10.0 Å². The molecule has 6 heteroatoms. The van der Waals surface area contributed by atoms with Crippen LogP contribution in [0.2, 0.25) is 0 Å². The van der Waals surface area contributed by atoms with Crippen LogP contribution in [0.5, 0.6) is 0 Å². The molecule has 0 fully saturated rings. The van der Waals surface area contributed by atoms with Crippen LogP contribution in [0, 0.1) is 0 Å². The summed E-state index contributed by atoms with van der Waals surface area (Å²) in [5.41, 5.74) is 0.791. The van der Waals surface area contributed by atoms with Crippen molar-refractivity contribution in [3.63, 3.8) is 0 Å². The molecule has 1 atom stereocenters. The van der Waals surface area contributed by atoms with Gasteiger partial charge < -0.3 is 0 Å². The second-order valence-electron chi connectivity index (χ2n) is 4.36. The monoisotopic (exact) mass is 311 g/mol. The van der Waals surface area contributed by atoms with Gasteiger partial charge in [-0.25, -0.2) is 8.42 Å². The summed E-state index contributed by atoms with van der Waals surface area (Å²) in [6.07, 6.45) is 0. The lowest BCUT2D eigenvalue weighted by molar-refractivity contribution is 0.591. The first-order chi connectivity index (χ1) is 9.09. The Morgan fingerprint density at radius 3 is 2.74 bits per heavy atom. The molecule has 0 saturated heterocycles. The third-order valence-electron chi connectivity index (χ3n) is 2.92. The molecule has 0 amide bonds. The summed E-state index contributed by atoms with van der Waals surface area (Å²) in [6.45, 7) is 2.57. The largest absolute Gasteiger partial charge is 0.273 e. The fourth-order valence-electron chi connectivity index (χ4n) is 2.10. The first-order valence-corrected chi connectivity index (χ1v) is 9.11. The lowest BCUT2D eigenvalue weighted by atomic mass is 10.3. The first kappa shape index (κ1) is 13.0. The van der Waals surface area contributed by atoms with E-state index in [0.29, 0.717) is 10.8 Å². The van der Waals surface area contributed by atoms with Gasteiger partial charge in [0.1, 0.15) is 4.21 Å². The number of fused-ring (bicyclic) bond motifs is 1. The third kappa shape index (κ3) is 2.28. The Morgan fingerprint density at radius 2 is 2.00 bits per heavy atom. The quantitative estimate of drug-likeness (QED) is 0.852. The molecule has 1 aromatic heterocycles. The summed E-state index contributed by atoms with van der Waals surface area (Å²) in [5, 5.41) is 2.05. The number of hydrogen-bond acceptors (Lipinski definition) is 4. The zero-order valence-electron chi connectivity index (χ0n) is 10.3. The molecular weight excluding hydrogens is 298 g/mol. The molecule has 1 aromatic carbocycles. The average molecular weight is 311 g/mol. The SMILES string of the molecule is CC1CN(S(=O)(=O)c2cccs2)c2ccccc2S1. The zero-order valence-corrected chi connectivity index (χ0v) is 12.8. The summed E-state index contributed by atoms with van der Waals surface area (Å²) in [4.78, 5) is 1.03. The van der Waals surface area contributed by atoms with Gasteiger partial charge in [-0.1, -0.05) is 25.1 Å². The van der Waals surface area contributed by atoms with Gasteiger partial charge >= 0.3 is 0 Å². The molecule has 1 aliphatic heterocycles. The first-order valence-electron chi connectivity index (χ1n) is 5.91. The van der Waals surface area contributed by atoms with Gasteiger partial charge in [0.15, 0.2) is 0 Å². The van der Waals surface area contributed by atoms with E-state index < -0.39 is 10.0 Å². The topological polar surface area (TPSA) is 37.4 Å². The Hall–Kier alpha value is -0.980. The Bertz CT molecular complexity index is 680. The van der Waals surface area contributed by atoms with Gasteiger partial charge in [-0.3, -0.25) is 4.31 Å². The number of hydrogen-bond donors (Lipinski definition) is 0. The van der Waals surface area contributed by atoms with E-state index in [1.807, 2.05) is 24.3 Å². The van der Waals surface area contributed by atoms with Gasteiger partial charge in [-0.15, -0.1) is 23.1 Å². The molecule has 0 bridgehead atoms. The fourth-order valence-corrected chi connectivity index (χ4v) is 6.04. The van der Waals surface area contributed by atoms with Crippen LogP contribution in [-0.4, -0.2) is 20.2 Å². The van der Waals surface area contributed by atoms with Crippen LogP contribution >= 0.6 is 23.1 Å².